The Morgan fingerprint density at radius 2 is 1.84 bits per heavy atom. The largest absolute Gasteiger partial charge is 0.448 e. The maximum atomic E-state index is 12.3. The Bertz CT molecular complexity index is 759. The van der Waals surface area contributed by atoms with Gasteiger partial charge in [0.1, 0.15) is 4.88 Å². The van der Waals surface area contributed by atoms with Crippen molar-refractivity contribution >= 4 is 29.2 Å². The van der Waals surface area contributed by atoms with Crippen LogP contribution in [0, 0.1) is 0 Å². The average Bonchev–Trinajstić information content (AvgIpc) is 3.15. The third-order valence-corrected chi connectivity index (χ3v) is 3.97. The Morgan fingerprint density at radius 1 is 1.20 bits per heavy atom. The van der Waals surface area contributed by atoms with Gasteiger partial charge in [0.15, 0.2) is 6.10 Å². The SMILES string of the molecule is C[C@@H](OC(=O)c1sccc1-n1cccc1)C(=O)NC(=O)NC(C)(C)C. The van der Waals surface area contributed by atoms with Crippen LogP contribution >= 0.6 is 11.3 Å². The first kappa shape index (κ1) is 18.7. The van der Waals surface area contributed by atoms with Gasteiger partial charge in [0.2, 0.25) is 0 Å². The number of aromatic nitrogens is 1. The first-order valence-corrected chi connectivity index (χ1v) is 8.60. The van der Waals surface area contributed by atoms with E-state index < -0.39 is 29.6 Å². The van der Waals surface area contributed by atoms with Crippen LogP contribution in [0.3, 0.4) is 0 Å². The Hall–Kier alpha value is -2.61. The molecule has 2 aromatic rings. The van der Waals surface area contributed by atoms with E-state index >= 15 is 0 Å². The number of hydrogen-bond acceptors (Lipinski definition) is 5. The summed E-state index contributed by atoms with van der Waals surface area (Å²) in [6.07, 6.45) is 2.52. The third-order valence-electron chi connectivity index (χ3n) is 3.09. The molecule has 0 spiro atoms. The molecule has 3 amide bonds. The summed E-state index contributed by atoms with van der Waals surface area (Å²) in [7, 11) is 0. The van der Waals surface area contributed by atoms with Crippen molar-refractivity contribution in [3.63, 3.8) is 0 Å². The number of amides is 3. The van der Waals surface area contributed by atoms with Crippen molar-refractivity contribution in [1.82, 2.24) is 15.2 Å². The quantitative estimate of drug-likeness (QED) is 0.818. The van der Waals surface area contributed by atoms with E-state index in [2.05, 4.69) is 10.6 Å². The van der Waals surface area contributed by atoms with E-state index in [0.29, 0.717) is 10.6 Å². The maximum Gasteiger partial charge on any atom is 0.351 e. The van der Waals surface area contributed by atoms with Crippen molar-refractivity contribution in [2.24, 2.45) is 0 Å². The fraction of sp³-hybridized carbons (Fsp3) is 0.353. The van der Waals surface area contributed by atoms with Gasteiger partial charge in [-0.15, -0.1) is 11.3 Å². The molecular formula is C17H21N3O4S. The summed E-state index contributed by atoms with van der Waals surface area (Å²) in [6.45, 7) is 6.79. The summed E-state index contributed by atoms with van der Waals surface area (Å²) in [6, 6.07) is 4.85. The number of carbonyl (C=O) groups is 3. The minimum absolute atomic E-state index is 0.384. The van der Waals surface area contributed by atoms with Crippen molar-refractivity contribution in [3.8, 4) is 5.69 Å². The number of thiophene rings is 1. The number of carbonyl (C=O) groups excluding carboxylic acids is 3. The number of hydrogen-bond donors (Lipinski definition) is 2. The van der Waals surface area contributed by atoms with Gasteiger partial charge in [-0.3, -0.25) is 10.1 Å². The normalized spacial score (nSPS) is 12.3. The monoisotopic (exact) mass is 363 g/mol. The lowest BCUT2D eigenvalue weighted by Crippen LogP contribution is -2.50. The van der Waals surface area contributed by atoms with Crippen molar-refractivity contribution in [2.75, 3.05) is 0 Å². The molecule has 0 bridgehead atoms. The van der Waals surface area contributed by atoms with Crippen molar-refractivity contribution in [3.05, 3.63) is 40.8 Å². The number of esters is 1. The standard InChI is InChI=1S/C17H21N3O4S/c1-11(14(21)18-16(23)19-17(2,3)4)24-15(22)13-12(7-10-25-13)20-8-5-6-9-20/h5-11H,1-4H3,(H2,18,19,21,23)/t11-/m1/s1. The number of imide groups is 1. The predicted octanol–water partition coefficient (Wildman–Crippen LogP) is 2.71. The molecule has 1 atom stereocenters. The zero-order valence-electron chi connectivity index (χ0n) is 14.5. The molecule has 0 fully saturated rings. The second-order valence-corrected chi connectivity index (χ2v) is 7.38. The highest BCUT2D eigenvalue weighted by molar-refractivity contribution is 7.12. The second-order valence-electron chi connectivity index (χ2n) is 6.47. The van der Waals surface area contributed by atoms with E-state index in [4.69, 9.17) is 4.74 Å². The van der Waals surface area contributed by atoms with Crippen LogP contribution < -0.4 is 10.6 Å². The topological polar surface area (TPSA) is 89.4 Å². The van der Waals surface area contributed by atoms with Gasteiger partial charge in [-0.1, -0.05) is 0 Å². The van der Waals surface area contributed by atoms with Crippen LogP contribution in [0.25, 0.3) is 5.69 Å². The fourth-order valence-corrected chi connectivity index (χ4v) is 2.78. The minimum atomic E-state index is -1.10. The van der Waals surface area contributed by atoms with Crippen LogP contribution in [0.2, 0.25) is 0 Å². The molecule has 0 radical (unpaired) electrons. The summed E-state index contributed by atoms with van der Waals surface area (Å²) >= 11 is 1.23. The molecule has 0 saturated heterocycles. The highest BCUT2D eigenvalue weighted by Gasteiger charge is 2.24. The Labute approximate surface area is 150 Å². The molecule has 2 aromatic heterocycles. The second kappa shape index (κ2) is 7.52. The lowest BCUT2D eigenvalue weighted by atomic mass is 10.1. The molecule has 2 rings (SSSR count). The first-order valence-electron chi connectivity index (χ1n) is 7.72. The van der Waals surface area contributed by atoms with E-state index in [-0.39, 0.29) is 0 Å². The summed E-state index contributed by atoms with van der Waals surface area (Å²) in [5.41, 5.74) is 0.200. The van der Waals surface area contributed by atoms with Gasteiger partial charge in [-0.2, -0.15) is 0 Å². The van der Waals surface area contributed by atoms with E-state index in [1.54, 1.807) is 36.8 Å². The van der Waals surface area contributed by atoms with Gasteiger partial charge < -0.3 is 14.6 Å². The maximum absolute atomic E-state index is 12.3. The molecule has 7 nitrogen and oxygen atoms in total. The zero-order chi connectivity index (χ0) is 18.6. The number of rotatable bonds is 4. The molecular weight excluding hydrogens is 342 g/mol. The van der Waals surface area contributed by atoms with Crippen LogP contribution in [-0.4, -0.2) is 34.1 Å². The van der Waals surface area contributed by atoms with Gasteiger partial charge >= 0.3 is 12.0 Å². The number of urea groups is 1. The smallest absolute Gasteiger partial charge is 0.351 e. The van der Waals surface area contributed by atoms with Crippen LogP contribution in [0.5, 0.6) is 0 Å². The van der Waals surface area contributed by atoms with E-state index in [1.165, 1.54) is 18.3 Å². The first-order chi connectivity index (χ1) is 11.7. The Morgan fingerprint density at radius 3 is 2.44 bits per heavy atom. The van der Waals surface area contributed by atoms with E-state index in [1.807, 2.05) is 24.5 Å². The van der Waals surface area contributed by atoms with Gasteiger partial charge in [-0.05, 0) is 51.3 Å². The average molecular weight is 363 g/mol. The molecule has 2 N–H and O–H groups in total. The Kier molecular flexibility index (Phi) is 5.63. The molecule has 2 heterocycles. The highest BCUT2D eigenvalue weighted by atomic mass is 32.1. The molecule has 134 valence electrons. The third kappa shape index (κ3) is 5.18. The van der Waals surface area contributed by atoms with Crippen molar-refractivity contribution < 1.29 is 19.1 Å². The fourth-order valence-electron chi connectivity index (χ4n) is 2.01. The molecule has 25 heavy (non-hydrogen) atoms. The summed E-state index contributed by atoms with van der Waals surface area (Å²) in [4.78, 5) is 36.4. The lowest BCUT2D eigenvalue weighted by molar-refractivity contribution is -0.127. The lowest BCUT2D eigenvalue weighted by Gasteiger charge is -2.21. The van der Waals surface area contributed by atoms with Crippen LogP contribution in [0.1, 0.15) is 37.4 Å². The van der Waals surface area contributed by atoms with Crippen LogP contribution in [0.15, 0.2) is 36.0 Å². The highest BCUT2D eigenvalue weighted by Crippen LogP contribution is 2.22. The molecule has 0 aliphatic heterocycles. The molecule has 0 aromatic carbocycles. The van der Waals surface area contributed by atoms with Crippen LogP contribution in [-0.2, 0) is 9.53 Å². The number of nitrogens with one attached hydrogen (secondary N) is 2. The number of ether oxygens (including phenoxy) is 1. The van der Waals surface area contributed by atoms with Gasteiger partial charge in [0.25, 0.3) is 5.91 Å². The van der Waals surface area contributed by atoms with Crippen molar-refractivity contribution in [2.45, 2.75) is 39.3 Å². The molecule has 0 unspecified atom stereocenters. The molecule has 0 aliphatic carbocycles. The van der Waals surface area contributed by atoms with Crippen LogP contribution in [0.4, 0.5) is 4.79 Å². The number of nitrogens with zero attached hydrogens (tertiary/aromatic N) is 1. The van der Waals surface area contributed by atoms with Gasteiger partial charge in [0, 0.05) is 17.9 Å². The molecule has 0 aliphatic rings. The summed E-state index contributed by atoms with van der Waals surface area (Å²) in [5, 5.41) is 6.53. The molecule has 0 saturated carbocycles. The Balaban J connectivity index is 1.98. The predicted molar refractivity (Wildman–Crippen MR) is 95.0 cm³/mol. The summed E-state index contributed by atoms with van der Waals surface area (Å²) < 4.78 is 6.98. The van der Waals surface area contributed by atoms with Gasteiger partial charge in [0.05, 0.1) is 5.69 Å². The summed E-state index contributed by atoms with van der Waals surface area (Å²) in [5.74, 6) is -1.30. The van der Waals surface area contributed by atoms with Crippen molar-refractivity contribution in [1.29, 1.82) is 0 Å². The zero-order valence-corrected chi connectivity index (χ0v) is 15.3. The molecule has 8 heteroatoms. The van der Waals surface area contributed by atoms with E-state index in [0.717, 1.165) is 0 Å². The minimum Gasteiger partial charge on any atom is -0.448 e. The van der Waals surface area contributed by atoms with E-state index in [9.17, 15) is 14.4 Å². The van der Waals surface area contributed by atoms with Gasteiger partial charge in [-0.25, -0.2) is 9.59 Å².